The van der Waals surface area contributed by atoms with Crippen LogP contribution in [0.15, 0.2) is 51.2 Å². The van der Waals surface area contributed by atoms with Gasteiger partial charge in [-0.1, -0.05) is 35.5 Å². The van der Waals surface area contributed by atoms with Crippen LogP contribution < -0.4 is 0 Å². The lowest BCUT2D eigenvalue weighted by Crippen LogP contribution is -2.22. The second-order valence-electron chi connectivity index (χ2n) is 8.12. The average Bonchev–Trinajstić information content (AvgIpc) is 3.20. The number of aliphatic imine (C=N–C) groups is 1. The van der Waals surface area contributed by atoms with Crippen molar-refractivity contribution in [3.05, 3.63) is 64.2 Å². The number of carbonyl (C=O) groups excluding carboxylic acids is 2. The van der Waals surface area contributed by atoms with Gasteiger partial charge in [0.25, 0.3) is 0 Å². The SMILES string of the molecule is O=C(O)CN=C1CCCC(=O)C1=C(O)CCc1noc2c1C(=O)CC(c1ccccc1)C2. The van der Waals surface area contributed by atoms with E-state index in [1.54, 1.807) is 0 Å². The van der Waals surface area contributed by atoms with Crippen LogP contribution in [0.1, 0.15) is 65.4 Å². The number of hydrogen-bond acceptors (Lipinski definition) is 7. The third-order valence-corrected chi connectivity index (χ3v) is 5.92. The van der Waals surface area contributed by atoms with E-state index in [0.717, 1.165) is 5.56 Å². The van der Waals surface area contributed by atoms with Crippen molar-refractivity contribution in [2.75, 3.05) is 6.54 Å². The monoisotopic (exact) mass is 436 g/mol. The van der Waals surface area contributed by atoms with Gasteiger partial charge in [0.15, 0.2) is 11.6 Å². The Bertz CT molecular complexity index is 1110. The van der Waals surface area contributed by atoms with Crippen molar-refractivity contribution >= 4 is 23.2 Å². The first-order chi connectivity index (χ1) is 15.4. The van der Waals surface area contributed by atoms with Crippen LogP contribution in [0.2, 0.25) is 0 Å². The molecule has 1 aromatic heterocycles. The molecule has 166 valence electrons. The molecule has 0 amide bonds. The van der Waals surface area contributed by atoms with E-state index in [9.17, 15) is 19.5 Å². The number of carboxylic acid groups (broad SMARTS) is 1. The van der Waals surface area contributed by atoms with E-state index in [1.165, 1.54) is 0 Å². The number of allylic oxidation sites excluding steroid dienone is 2. The topological polar surface area (TPSA) is 130 Å². The molecule has 32 heavy (non-hydrogen) atoms. The maximum atomic E-state index is 12.8. The standard InChI is InChI=1S/C24H24N2O6/c27-18-8-4-7-16(25-13-22(30)31)23(18)19(28)10-9-17-24-20(29)11-15(12-21(24)32-26-17)14-5-2-1-3-6-14/h1-3,5-6,15,28H,4,7-13H2,(H,30,31). The number of aliphatic hydroxyl groups excluding tert-OH is 1. The van der Waals surface area contributed by atoms with E-state index >= 15 is 0 Å². The molecule has 2 N–H and O–H groups in total. The van der Waals surface area contributed by atoms with Crippen molar-refractivity contribution in [1.82, 2.24) is 5.16 Å². The van der Waals surface area contributed by atoms with E-state index in [4.69, 9.17) is 9.63 Å². The minimum Gasteiger partial charge on any atom is -0.511 e. The smallest absolute Gasteiger partial charge is 0.325 e. The molecule has 4 rings (SSSR count). The van der Waals surface area contributed by atoms with Crippen LogP contribution in [0.3, 0.4) is 0 Å². The van der Waals surface area contributed by atoms with Crippen molar-refractivity contribution < 1.29 is 29.1 Å². The Morgan fingerprint density at radius 3 is 2.62 bits per heavy atom. The van der Waals surface area contributed by atoms with Crippen molar-refractivity contribution in [3.63, 3.8) is 0 Å². The fourth-order valence-corrected chi connectivity index (χ4v) is 4.41. The Kier molecular flexibility index (Phi) is 6.30. The van der Waals surface area contributed by atoms with Gasteiger partial charge >= 0.3 is 5.97 Å². The molecule has 0 saturated heterocycles. The van der Waals surface area contributed by atoms with Gasteiger partial charge in [0.05, 0.1) is 16.8 Å². The van der Waals surface area contributed by atoms with Gasteiger partial charge in [0, 0.05) is 37.8 Å². The highest BCUT2D eigenvalue weighted by molar-refractivity contribution is 6.24. The quantitative estimate of drug-likeness (QED) is 0.522. The van der Waals surface area contributed by atoms with Crippen LogP contribution in [-0.4, -0.2) is 45.2 Å². The predicted molar refractivity (Wildman–Crippen MR) is 115 cm³/mol. The van der Waals surface area contributed by atoms with Gasteiger partial charge in [0.2, 0.25) is 0 Å². The van der Waals surface area contributed by atoms with E-state index in [-0.39, 0.29) is 48.1 Å². The molecular weight excluding hydrogens is 412 g/mol. The Balaban J connectivity index is 1.52. The molecule has 1 heterocycles. The summed E-state index contributed by atoms with van der Waals surface area (Å²) >= 11 is 0. The second kappa shape index (κ2) is 9.30. The summed E-state index contributed by atoms with van der Waals surface area (Å²) in [6, 6.07) is 9.81. The number of aromatic nitrogens is 1. The van der Waals surface area contributed by atoms with Crippen molar-refractivity contribution in [2.45, 2.75) is 50.9 Å². The lowest BCUT2D eigenvalue weighted by molar-refractivity contribution is -0.135. The van der Waals surface area contributed by atoms with E-state index < -0.39 is 12.5 Å². The van der Waals surface area contributed by atoms with Crippen molar-refractivity contribution in [2.24, 2.45) is 4.99 Å². The van der Waals surface area contributed by atoms with Gasteiger partial charge in [-0.25, -0.2) is 0 Å². The highest BCUT2D eigenvalue weighted by Crippen LogP contribution is 2.35. The largest absolute Gasteiger partial charge is 0.511 e. The minimum atomic E-state index is -1.10. The van der Waals surface area contributed by atoms with E-state index in [0.29, 0.717) is 48.4 Å². The number of aliphatic carboxylic acids is 1. The first kappa shape index (κ1) is 21.7. The summed E-state index contributed by atoms with van der Waals surface area (Å²) in [6.45, 7) is -0.451. The Labute approximate surface area is 184 Å². The zero-order valence-corrected chi connectivity index (χ0v) is 17.5. The van der Waals surface area contributed by atoms with Crippen LogP contribution in [0.4, 0.5) is 0 Å². The number of Topliss-reactive ketones (excluding diaryl/α,β-unsaturated/α-hetero) is 2. The zero-order valence-electron chi connectivity index (χ0n) is 17.5. The Morgan fingerprint density at radius 1 is 1.09 bits per heavy atom. The molecule has 8 nitrogen and oxygen atoms in total. The maximum Gasteiger partial charge on any atom is 0.325 e. The fourth-order valence-electron chi connectivity index (χ4n) is 4.41. The number of aryl methyl sites for hydroxylation is 1. The molecule has 0 aliphatic heterocycles. The van der Waals surface area contributed by atoms with Gasteiger partial charge in [-0.2, -0.15) is 0 Å². The van der Waals surface area contributed by atoms with Crippen LogP contribution in [0.25, 0.3) is 0 Å². The molecule has 2 aliphatic carbocycles. The second-order valence-corrected chi connectivity index (χ2v) is 8.12. The molecule has 2 aliphatic rings. The molecule has 8 heteroatoms. The molecule has 1 unspecified atom stereocenters. The first-order valence-electron chi connectivity index (χ1n) is 10.7. The minimum absolute atomic E-state index is 0.0408. The lowest BCUT2D eigenvalue weighted by Gasteiger charge is -2.20. The summed E-state index contributed by atoms with van der Waals surface area (Å²) in [5.41, 5.74) is 2.45. The van der Waals surface area contributed by atoms with Gasteiger partial charge in [-0.05, 0) is 24.3 Å². The number of benzene rings is 1. The molecule has 1 fully saturated rings. The third kappa shape index (κ3) is 4.54. The number of ketones is 2. The summed E-state index contributed by atoms with van der Waals surface area (Å²) in [5.74, 6) is -0.949. The van der Waals surface area contributed by atoms with Gasteiger partial charge in [0.1, 0.15) is 18.1 Å². The normalized spacial score (nSPS) is 21.5. The van der Waals surface area contributed by atoms with Gasteiger partial charge < -0.3 is 14.7 Å². The third-order valence-electron chi connectivity index (χ3n) is 5.92. The average molecular weight is 436 g/mol. The molecule has 1 saturated carbocycles. The number of nitrogens with zero attached hydrogens (tertiary/aromatic N) is 2. The molecule has 0 spiro atoms. The van der Waals surface area contributed by atoms with Crippen LogP contribution >= 0.6 is 0 Å². The number of fused-ring (bicyclic) bond motifs is 1. The van der Waals surface area contributed by atoms with E-state index in [1.807, 2.05) is 30.3 Å². The zero-order chi connectivity index (χ0) is 22.7. The molecule has 0 radical (unpaired) electrons. The van der Waals surface area contributed by atoms with Gasteiger partial charge in [-0.3, -0.25) is 19.4 Å². The highest BCUT2D eigenvalue weighted by Gasteiger charge is 2.33. The van der Waals surface area contributed by atoms with Crippen LogP contribution in [0.5, 0.6) is 0 Å². The molecular formula is C24H24N2O6. The molecule has 1 atom stereocenters. The molecule has 0 bridgehead atoms. The van der Waals surface area contributed by atoms with E-state index in [2.05, 4.69) is 10.1 Å². The number of hydrogen-bond donors (Lipinski definition) is 2. The van der Waals surface area contributed by atoms with Crippen molar-refractivity contribution in [1.29, 1.82) is 0 Å². The number of rotatable bonds is 6. The summed E-state index contributed by atoms with van der Waals surface area (Å²) in [7, 11) is 0. The molecule has 1 aromatic carbocycles. The summed E-state index contributed by atoms with van der Waals surface area (Å²) in [6.07, 6.45) is 2.55. The summed E-state index contributed by atoms with van der Waals surface area (Å²) in [5, 5.41) is 23.6. The summed E-state index contributed by atoms with van der Waals surface area (Å²) < 4.78 is 5.47. The first-order valence-corrected chi connectivity index (χ1v) is 10.7. The number of carboxylic acids is 1. The van der Waals surface area contributed by atoms with Crippen molar-refractivity contribution in [3.8, 4) is 0 Å². The molecule has 2 aromatic rings. The Hall–Kier alpha value is -3.55. The maximum absolute atomic E-state index is 12.8. The van der Waals surface area contributed by atoms with Crippen LogP contribution in [0, 0.1) is 0 Å². The number of carbonyl (C=O) groups is 3. The number of aliphatic hydroxyl groups is 1. The predicted octanol–water partition coefficient (Wildman–Crippen LogP) is 3.61. The highest BCUT2D eigenvalue weighted by atomic mass is 16.5. The summed E-state index contributed by atoms with van der Waals surface area (Å²) in [4.78, 5) is 40.1. The van der Waals surface area contributed by atoms with Crippen LogP contribution in [-0.2, 0) is 22.4 Å². The van der Waals surface area contributed by atoms with Gasteiger partial charge in [-0.15, -0.1) is 0 Å². The fraction of sp³-hybridized carbons (Fsp3) is 0.375. The lowest BCUT2D eigenvalue weighted by atomic mass is 9.81. The Morgan fingerprint density at radius 2 is 1.88 bits per heavy atom.